The van der Waals surface area contributed by atoms with E-state index in [1.165, 1.54) is 0 Å². The predicted molar refractivity (Wildman–Crippen MR) is 102 cm³/mol. The summed E-state index contributed by atoms with van der Waals surface area (Å²) in [4.78, 5) is 5.87. The van der Waals surface area contributed by atoms with Gasteiger partial charge in [-0.05, 0) is 34.5 Å². The lowest BCUT2D eigenvalue weighted by molar-refractivity contribution is -0.136. The largest absolute Gasteiger partial charge is 0.508 e. The first-order chi connectivity index (χ1) is 11.4. The smallest absolute Gasteiger partial charge is 0.390 e. The molecule has 0 bridgehead atoms. The Kier molecular flexibility index (Phi) is 6.36. The molecule has 136 valence electrons. The Balaban J connectivity index is 0.00000225. The monoisotopic (exact) mass is 465 g/mol. The van der Waals surface area contributed by atoms with Gasteiger partial charge < -0.3 is 15.3 Å². The molecule has 0 saturated carbocycles. The van der Waals surface area contributed by atoms with Gasteiger partial charge in [-0.15, -0.1) is 24.0 Å². The molecule has 2 aromatic rings. The van der Waals surface area contributed by atoms with Gasteiger partial charge in [-0.25, -0.2) is 0 Å². The quantitative estimate of drug-likeness (QED) is 0.675. The van der Waals surface area contributed by atoms with E-state index in [1.54, 1.807) is 17.0 Å². The molecule has 0 unspecified atom stereocenters. The fourth-order valence-electron chi connectivity index (χ4n) is 2.70. The summed E-state index contributed by atoms with van der Waals surface area (Å²) in [6.07, 6.45) is -5.00. The summed E-state index contributed by atoms with van der Waals surface area (Å²) in [5.74, 6) is 0.735. The number of alkyl halides is 3. The van der Waals surface area contributed by atoms with Crippen molar-refractivity contribution in [3.05, 3.63) is 42.0 Å². The summed E-state index contributed by atoms with van der Waals surface area (Å²) in [6.45, 7) is 1.43. The first-order valence-electron chi connectivity index (χ1n) is 7.72. The van der Waals surface area contributed by atoms with Gasteiger partial charge in [0.1, 0.15) is 5.75 Å². The Labute approximate surface area is 160 Å². The fourth-order valence-corrected chi connectivity index (χ4v) is 2.70. The second-order valence-electron chi connectivity index (χ2n) is 5.78. The molecule has 2 aromatic carbocycles. The Hall–Kier alpha value is -1.71. The zero-order valence-electron chi connectivity index (χ0n) is 13.4. The maximum atomic E-state index is 12.4. The molecule has 0 amide bonds. The lowest BCUT2D eigenvalue weighted by Crippen LogP contribution is -2.39. The number of fused-ring (bicyclic) bond motifs is 1. The van der Waals surface area contributed by atoms with Crippen molar-refractivity contribution in [1.29, 1.82) is 0 Å². The molecule has 1 aliphatic rings. The highest BCUT2D eigenvalue weighted by atomic mass is 127. The molecule has 0 fully saturated rings. The summed E-state index contributed by atoms with van der Waals surface area (Å²) in [5.41, 5.74) is 0.999. The van der Waals surface area contributed by atoms with Crippen LogP contribution in [0.1, 0.15) is 12.0 Å². The van der Waals surface area contributed by atoms with Crippen LogP contribution in [0.15, 0.2) is 41.4 Å². The van der Waals surface area contributed by atoms with E-state index in [0.717, 1.165) is 16.3 Å². The minimum absolute atomic E-state index is 0. The normalized spacial score (nSPS) is 14.4. The van der Waals surface area contributed by atoms with Crippen LogP contribution in [-0.2, 0) is 6.54 Å². The fraction of sp³-hybridized carbons (Fsp3) is 0.353. The van der Waals surface area contributed by atoms with Crippen molar-refractivity contribution in [3.63, 3.8) is 0 Å². The SMILES string of the molecule is I.Oc1ccc2cc(CNC3=NCCN3CCC(F)(F)F)ccc2c1. The highest BCUT2D eigenvalue weighted by Gasteiger charge is 2.29. The molecule has 4 nitrogen and oxygen atoms in total. The van der Waals surface area contributed by atoms with Crippen molar-refractivity contribution in [1.82, 2.24) is 10.2 Å². The second kappa shape index (κ2) is 8.11. The number of aromatic hydroxyl groups is 1. The molecule has 8 heteroatoms. The molecule has 0 aromatic heterocycles. The van der Waals surface area contributed by atoms with Gasteiger partial charge in [0, 0.05) is 19.6 Å². The number of phenols is 1. The van der Waals surface area contributed by atoms with Crippen LogP contribution in [0, 0.1) is 0 Å². The highest BCUT2D eigenvalue weighted by molar-refractivity contribution is 14.0. The number of hydrogen-bond donors (Lipinski definition) is 2. The highest BCUT2D eigenvalue weighted by Crippen LogP contribution is 2.22. The number of rotatable bonds is 4. The molecule has 3 rings (SSSR count). The van der Waals surface area contributed by atoms with Crippen LogP contribution < -0.4 is 5.32 Å². The zero-order valence-corrected chi connectivity index (χ0v) is 15.7. The van der Waals surface area contributed by atoms with Crippen LogP contribution in [0.4, 0.5) is 13.2 Å². The van der Waals surface area contributed by atoms with Crippen molar-refractivity contribution in [3.8, 4) is 5.75 Å². The first kappa shape index (κ1) is 19.6. The Morgan fingerprint density at radius 1 is 1.12 bits per heavy atom. The van der Waals surface area contributed by atoms with Gasteiger partial charge in [-0.2, -0.15) is 13.2 Å². The van der Waals surface area contributed by atoms with Crippen molar-refractivity contribution < 1.29 is 18.3 Å². The Bertz CT molecular complexity index is 764. The topological polar surface area (TPSA) is 47.9 Å². The molecule has 25 heavy (non-hydrogen) atoms. The zero-order chi connectivity index (χ0) is 17.2. The van der Waals surface area contributed by atoms with Gasteiger partial charge in [0.2, 0.25) is 0 Å². The number of benzene rings is 2. The number of nitrogens with one attached hydrogen (secondary N) is 1. The summed E-state index contributed by atoms with van der Waals surface area (Å²) >= 11 is 0. The van der Waals surface area contributed by atoms with E-state index in [-0.39, 0.29) is 36.3 Å². The van der Waals surface area contributed by atoms with Crippen LogP contribution in [0.2, 0.25) is 0 Å². The van der Waals surface area contributed by atoms with Gasteiger partial charge in [0.15, 0.2) is 5.96 Å². The van der Waals surface area contributed by atoms with Crippen LogP contribution in [0.3, 0.4) is 0 Å². The van der Waals surface area contributed by atoms with Crippen LogP contribution in [0.5, 0.6) is 5.75 Å². The average molecular weight is 465 g/mol. The Morgan fingerprint density at radius 3 is 2.60 bits per heavy atom. The van der Waals surface area contributed by atoms with E-state index >= 15 is 0 Å². The van der Waals surface area contributed by atoms with E-state index in [9.17, 15) is 18.3 Å². The van der Waals surface area contributed by atoms with E-state index in [0.29, 0.717) is 25.6 Å². The van der Waals surface area contributed by atoms with Gasteiger partial charge in [0.05, 0.1) is 13.0 Å². The molecule has 1 heterocycles. The maximum absolute atomic E-state index is 12.4. The lowest BCUT2D eigenvalue weighted by Gasteiger charge is -2.21. The molecule has 0 atom stereocenters. The van der Waals surface area contributed by atoms with Gasteiger partial charge >= 0.3 is 6.18 Å². The molecule has 0 spiro atoms. The molecule has 0 radical (unpaired) electrons. The third-order valence-electron chi connectivity index (χ3n) is 3.94. The van der Waals surface area contributed by atoms with Crippen molar-refractivity contribution in [2.45, 2.75) is 19.1 Å². The standard InChI is InChI=1S/C17H18F3N3O.HI/c18-17(19,20)5-7-23-8-6-21-16(23)22-11-12-1-2-14-10-15(24)4-3-13(14)9-12;/h1-4,9-10,24H,5-8,11H2,(H,21,22);1H. The number of hydrogen-bond acceptors (Lipinski definition) is 4. The van der Waals surface area contributed by atoms with Gasteiger partial charge in [-0.1, -0.05) is 18.2 Å². The van der Waals surface area contributed by atoms with E-state index in [4.69, 9.17) is 0 Å². The lowest BCUT2D eigenvalue weighted by atomic mass is 10.1. The van der Waals surface area contributed by atoms with Gasteiger partial charge in [0.25, 0.3) is 0 Å². The third-order valence-corrected chi connectivity index (χ3v) is 3.94. The second-order valence-corrected chi connectivity index (χ2v) is 5.78. The van der Waals surface area contributed by atoms with Crippen LogP contribution in [-0.4, -0.2) is 41.8 Å². The van der Waals surface area contributed by atoms with E-state index in [2.05, 4.69) is 10.3 Å². The number of aliphatic imine (C=N–C) groups is 1. The summed E-state index contributed by atoms with van der Waals surface area (Å²) in [6, 6.07) is 11.0. The molecule has 0 aliphatic carbocycles. The summed E-state index contributed by atoms with van der Waals surface area (Å²) in [7, 11) is 0. The third kappa shape index (κ3) is 5.38. The molecule has 0 saturated heterocycles. The molecular formula is C17H19F3IN3O. The number of nitrogens with zero attached hydrogens (tertiary/aromatic N) is 2. The number of phenolic OH excluding ortho intramolecular Hbond substituents is 1. The maximum Gasteiger partial charge on any atom is 0.390 e. The van der Waals surface area contributed by atoms with Crippen LogP contribution in [0.25, 0.3) is 10.8 Å². The predicted octanol–water partition coefficient (Wildman–Crippen LogP) is 3.88. The molecule has 1 aliphatic heterocycles. The van der Waals surface area contributed by atoms with Gasteiger partial charge in [-0.3, -0.25) is 4.99 Å². The summed E-state index contributed by atoms with van der Waals surface area (Å²) < 4.78 is 37.1. The molecular weight excluding hydrogens is 446 g/mol. The average Bonchev–Trinajstić information content (AvgIpc) is 2.97. The van der Waals surface area contributed by atoms with Crippen molar-refractivity contribution >= 4 is 40.7 Å². The number of guanidine groups is 1. The minimum atomic E-state index is -4.16. The van der Waals surface area contributed by atoms with E-state index in [1.807, 2.05) is 24.3 Å². The van der Waals surface area contributed by atoms with E-state index < -0.39 is 12.6 Å². The minimum Gasteiger partial charge on any atom is -0.508 e. The van der Waals surface area contributed by atoms with Crippen molar-refractivity contribution in [2.75, 3.05) is 19.6 Å². The first-order valence-corrected chi connectivity index (χ1v) is 7.72. The molecule has 2 N–H and O–H groups in total. The summed E-state index contributed by atoms with van der Waals surface area (Å²) in [5, 5.41) is 14.5. The van der Waals surface area contributed by atoms with Crippen molar-refractivity contribution in [2.24, 2.45) is 4.99 Å². The number of halogens is 4. The van der Waals surface area contributed by atoms with Crippen LogP contribution >= 0.6 is 24.0 Å². The Morgan fingerprint density at radius 2 is 1.84 bits per heavy atom.